The molecule has 1 N–H and O–H groups in total. The molecule has 0 amide bonds. The lowest BCUT2D eigenvalue weighted by atomic mass is 10.1. The minimum absolute atomic E-state index is 0.399. The molecular weight excluding hydrogens is 485 g/mol. The van der Waals surface area contributed by atoms with Gasteiger partial charge in [-0.2, -0.15) is 0 Å². The molecule has 0 aliphatic heterocycles. The first-order chi connectivity index (χ1) is 13.6. The van der Waals surface area contributed by atoms with Crippen LogP contribution in [0.3, 0.4) is 0 Å². The van der Waals surface area contributed by atoms with Crippen LogP contribution in [0.2, 0.25) is 5.02 Å². The van der Waals surface area contributed by atoms with E-state index in [1.807, 2.05) is 37.3 Å². The molecular formula is C23H23ClINO2. The second kappa shape index (κ2) is 10.0. The maximum Gasteiger partial charge on any atom is 0.174 e. The fourth-order valence-electron chi connectivity index (χ4n) is 2.85. The van der Waals surface area contributed by atoms with Crippen LogP contribution in [0.15, 0.2) is 60.7 Å². The summed E-state index contributed by atoms with van der Waals surface area (Å²) in [5.74, 6) is 1.50. The lowest BCUT2D eigenvalue weighted by Crippen LogP contribution is -2.05. The SMILES string of the molecule is CCOc1cc(CNc2cccc(C)c2)cc(I)c1OCc1ccccc1Cl. The van der Waals surface area contributed by atoms with Gasteiger partial charge in [-0.05, 0) is 77.9 Å². The third-order valence-electron chi connectivity index (χ3n) is 4.21. The van der Waals surface area contributed by atoms with Crippen molar-refractivity contribution >= 4 is 39.9 Å². The molecule has 146 valence electrons. The van der Waals surface area contributed by atoms with Crippen LogP contribution in [0.25, 0.3) is 0 Å². The maximum absolute atomic E-state index is 6.25. The van der Waals surface area contributed by atoms with Gasteiger partial charge in [-0.3, -0.25) is 0 Å². The third-order valence-corrected chi connectivity index (χ3v) is 5.38. The molecule has 3 nitrogen and oxygen atoms in total. The highest BCUT2D eigenvalue weighted by molar-refractivity contribution is 14.1. The average molecular weight is 508 g/mol. The molecule has 0 fully saturated rings. The van der Waals surface area contributed by atoms with E-state index < -0.39 is 0 Å². The summed E-state index contributed by atoms with van der Waals surface area (Å²) in [6.07, 6.45) is 0. The third kappa shape index (κ3) is 5.55. The van der Waals surface area contributed by atoms with Gasteiger partial charge in [-0.25, -0.2) is 0 Å². The summed E-state index contributed by atoms with van der Waals surface area (Å²) in [7, 11) is 0. The predicted molar refractivity (Wildman–Crippen MR) is 125 cm³/mol. The van der Waals surface area contributed by atoms with Gasteiger partial charge >= 0.3 is 0 Å². The summed E-state index contributed by atoms with van der Waals surface area (Å²) in [5.41, 5.74) is 4.43. The Kier molecular flexibility index (Phi) is 7.45. The van der Waals surface area contributed by atoms with Crippen LogP contribution in [-0.2, 0) is 13.2 Å². The van der Waals surface area contributed by atoms with E-state index in [0.29, 0.717) is 24.8 Å². The predicted octanol–water partition coefficient (Wildman–Crippen LogP) is 6.84. The summed E-state index contributed by atoms with van der Waals surface area (Å²) < 4.78 is 13.0. The Bertz CT molecular complexity index is 946. The van der Waals surface area contributed by atoms with Gasteiger partial charge in [0.25, 0.3) is 0 Å². The maximum atomic E-state index is 6.25. The van der Waals surface area contributed by atoms with E-state index in [1.54, 1.807) is 0 Å². The van der Waals surface area contributed by atoms with Crippen molar-refractivity contribution in [2.24, 2.45) is 0 Å². The summed E-state index contributed by atoms with van der Waals surface area (Å²) in [4.78, 5) is 0. The summed E-state index contributed by atoms with van der Waals surface area (Å²) in [6, 6.07) is 20.2. The first-order valence-corrected chi connectivity index (χ1v) is 10.6. The number of halogens is 2. The number of hydrogen-bond acceptors (Lipinski definition) is 3. The highest BCUT2D eigenvalue weighted by Crippen LogP contribution is 2.35. The molecule has 0 unspecified atom stereocenters. The molecule has 0 aromatic heterocycles. The van der Waals surface area contributed by atoms with Crippen LogP contribution in [0.5, 0.6) is 11.5 Å². The first kappa shape index (κ1) is 20.8. The molecule has 0 saturated heterocycles. The first-order valence-electron chi connectivity index (χ1n) is 9.18. The Hall–Kier alpha value is -1.92. The van der Waals surface area contributed by atoms with Crippen molar-refractivity contribution in [3.05, 3.63) is 85.9 Å². The summed E-state index contributed by atoms with van der Waals surface area (Å²) in [5, 5.41) is 4.17. The Morgan fingerprint density at radius 2 is 1.82 bits per heavy atom. The largest absolute Gasteiger partial charge is 0.490 e. The van der Waals surface area contributed by atoms with Crippen LogP contribution in [0.4, 0.5) is 5.69 Å². The number of benzene rings is 3. The van der Waals surface area contributed by atoms with Crippen molar-refractivity contribution in [2.45, 2.75) is 27.0 Å². The van der Waals surface area contributed by atoms with Gasteiger partial charge in [0, 0.05) is 22.8 Å². The van der Waals surface area contributed by atoms with E-state index >= 15 is 0 Å². The van der Waals surface area contributed by atoms with Crippen LogP contribution < -0.4 is 14.8 Å². The fourth-order valence-corrected chi connectivity index (χ4v) is 3.86. The number of anilines is 1. The lowest BCUT2D eigenvalue weighted by molar-refractivity contribution is 0.267. The molecule has 0 spiro atoms. The van der Waals surface area contributed by atoms with Crippen molar-refractivity contribution in [3.8, 4) is 11.5 Å². The second-order valence-electron chi connectivity index (χ2n) is 6.44. The van der Waals surface area contributed by atoms with Crippen molar-refractivity contribution < 1.29 is 9.47 Å². The van der Waals surface area contributed by atoms with Crippen molar-refractivity contribution in [1.29, 1.82) is 0 Å². The van der Waals surface area contributed by atoms with Gasteiger partial charge in [-0.1, -0.05) is 41.9 Å². The van der Waals surface area contributed by atoms with E-state index in [0.717, 1.165) is 31.9 Å². The van der Waals surface area contributed by atoms with Crippen molar-refractivity contribution in [2.75, 3.05) is 11.9 Å². The van der Waals surface area contributed by atoms with E-state index in [4.69, 9.17) is 21.1 Å². The number of hydrogen-bond donors (Lipinski definition) is 1. The number of aryl methyl sites for hydroxylation is 1. The van der Waals surface area contributed by atoms with Crippen LogP contribution in [0.1, 0.15) is 23.6 Å². The fraction of sp³-hybridized carbons (Fsp3) is 0.217. The Morgan fingerprint density at radius 1 is 1.00 bits per heavy atom. The zero-order valence-corrected chi connectivity index (χ0v) is 18.9. The molecule has 3 aromatic rings. The standard InChI is InChI=1S/C23H23ClINO2/c1-3-27-22-13-17(14-26-19-9-6-7-16(2)11-19)12-21(25)23(22)28-15-18-8-4-5-10-20(18)24/h4-13,26H,3,14-15H2,1-2H3. The van der Waals surface area contributed by atoms with E-state index in [1.165, 1.54) is 5.56 Å². The molecule has 0 heterocycles. The summed E-state index contributed by atoms with van der Waals surface area (Å²) >= 11 is 8.54. The van der Waals surface area contributed by atoms with Gasteiger partial charge in [0.05, 0.1) is 10.2 Å². The molecule has 0 saturated carbocycles. The van der Waals surface area contributed by atoms with Gasteiger partial charge in [0.2, 0.25) is 0 Å². The smallest absolute Gasteiger partial charge is 0.174 e. The van der Waals surface area contributed by atoms with Gasteiger partial charge < -0.3 is 14.8 Å². The van der Waals surface area contributed by atoms with Gasteiger partial charge in [0.15, 0.2) is 11.5 Å². The highest BCUT2D eigenvalue weighted by Gasteiger charge is 2.13. The second-order valence-corrected chi connectivity index (χ2v) is 8.01. The Balaban J connectivity index is 1.76. The summed E-state index contributed by atoms with van der Waals surface area (Å²) in [6.45, 7) is 5.75. The molecule has 28 heavy (non-hydrogen) atoms. The molecule has 0 bridgehead atoms. The van der Waals surface area contributed by atoms with E-state index in [-0.39, 0.29) is 0 Å². The molecule has 0 radical (unpaired) electrons. The molecule has 5 heteroatoms. The van der Waals surface area contributed by atoms with Gasteiger partial charge in [-0.15, -0.1) is 0 Å². The highest BCUT2D eigenvalue weighted by atomic mass is 127. The van der Waals surface area contributed by atoms with Gasteiger partial charge in [0.1, 0.15) is 6.61 Å². The Morgan fingerprint density at radius 3 is 2.57 bits per heavy atom. The number of ether oxygens (including phenoxy) is 2. The van der Waals surface area contributed by atoms with Crippen molar-refractivity contribution in [3.63, 3.8) is 0 Å². The molecule has 0 aliphatic carbocycles. The molecule has 3 rings (SSSR count). The van der Waals surface area contributed by atoms with E-state index in [2.05, 4.69) is 65.2 Å². The van der Waals surface area contributed by atoms with Crippen molar-refractivity contribution in [1.82, 2.24) is 0 Å². The monoisotopic (exact) mass is 507 g/mol. The van der Waals surface area contributed by atoms with Crippen LogP contribution >= 0.6 is 34.2 Å². The lowest BCUT2D eigenvalue weighted by Gasteiger charge is -2.16. The molecule has 0 atom stereocenters. The molecule has 3 aromatic carbocycles. The number of rotatable bonds is 8. The quantitative estimate of drug-likeness (QED) is 0.339. The number of nitrogens with one attached hydrogen (secondary N) is 1. The minimum Gasteiger partial charge on any atom is -0.490 e. The molecule has 0 aliphatic rings. The minimum atomic E-state index is 0.399. The zero-order valence-electron chi connectivity index (χ0n) is 16.0. The average Bonchev–Trinajstić information content (AvgIpc) is 2.67. The topological polar surface area (TPSA) is 30.5 Å². The zero-order chi connectivity index (χ0) is 19.9. The Labute approximate surface area is 185 Å². The normalized spacial score (nSPS) is 10.6. The van der Waals surface area contributed by atoms with E-state index in [9.17, 15) is 0 Å². The van der Waals surface area contributed by atoms with Crippen LogP contribution in [0, 0.1) is 10.5 Å². The van der Waals surface area contributed by atoms with Crippen LogP contribution in [-0.4, -0.2) is 6.61 Å².